The van der Waals surface area contributed by atoms with Crippen LogP contribution in [0.25, 0.3) is 0 Å². The van der Waals surface area contributed by atoms with Crippen LogP contribution in [0.4, 0.5) is 0 Å². The van der Waals surface area contributed by atoms with Crippen LogP contribution in [-0.2, 0) is 24.3 Å². The van der Waals surface area contributed by atoms with Crippen LogP contribution >= 0.6 is 0 Å². The first-order valence-corrected chi connectivity index (χ1v) is 12.8. The second-order valence-electron chi connectivity index (χ2n) is 10.3. The van der Waals surface area contributed by atoms with E-state index in [2.05, 4.69) is 5.32 Å². The van der Waals surface area contributed by atoms with E-state index in [-0.39, 0.29) is 47.8 Å². The summed E-state index contributed by atoms with van der Waals surface area (Å²) in [7, 11) is 1.46. The molecule has 36 heavy (non-hydrogen) atoms. The maximum atomic E-state index is 13.4. The Bertz CT molecular complexity index is 1280. The van der Waals surface area contributed by atoms with Gasteiger partial charge in [-0.15, -0.1) is 0 Å². The van der Waals surface area contributed by atoms with E-state index in [1.165, 1.54) is 26.0 Å². The highest BCUT2D eigenvalue weighted by molar-refractivity contribution is 5.98. The Morgan fingerprint density at radius 3 is 2.72 bits per heavy atom. The lowest BCUT2D eigenvalue weighted by Crippen LogP contribution is -2.36. The molecular weight excluding hydrogens is 462 g/mol. The van der Waals surface area contributed by atoms with Crippen molar-refractivity contribution in [2.45, 2.75) is 51.6 Å². The van der Waals surface area contributed by atoms with Crippen LogP contribution in [0.15, 0.2) is 29.1 Å². The third-order valence-corrected chi connectivity index (χ3v) is 8.33. The molecule has 2 aliphatic carbocycles. The minimum atomic E-state index is -0.319. The minimum absolute atomic E-state index is 0.122. The largest absolute Gasteiger partial charge is 0.496 e. The Labute approximate surface area is 209 Å². The molecule has 1 N–H and O–H groups in total. The van der Waals surface area contributed by atoms with Gasteiger partial charge in [0.15, 0.2) is 11.5 Å². The van der Waals surface area contributed by atoms with Crippen molar-refractivity contribution in [3.05, 3.63) is 51.4 Å². The van der Waals surface area contributed by atoms with Crippen LogP contribution in [0.2, 0.25) is 0 Å². The predicted molar refractivity (Wildman–Crippen MR) is 130 cm³/mol. The number of nitrogens with zero attached hydrogens (tertiary/aromatic N) is 2. The van der Waals surface area contributed by atoms with Gasteiger partial charge in [0.05, 0.1) is 7.11 Å². The fourth-order valence-electron chi connectivity index (χ4n) is 6.25. The summed E-state index contributed by atoms with van der Waals surface area (Å²) >= 11 is 0. The highest BCUT2D eigenvalue weighted by Gasteiger charge is 2.59. The van der Waals surface area contributed by atoms with Crippen LogP contribution in [0.3, 0.4) is 0 Å². The molecule has 2 aromatic rings. The van der Waals surface area contributed by atoms with Crippen molar-refractivity contribution in [2.75, 3.05) is 27.0 Å². The zero-order valence-corrected chi connectivity index (χ0v) is 20.5. The number of amides is 2. The van der Waals surface area contributed by atoms with Gasteiger partial charge in [-0.2, -0.15) is 0 Å². The number of benzene rings is 1. The van der Waals surface area contributed by atoms with Gasteiger partial charge in [0.25, 0.3) is 11.5 Å². The topological polar surface area (TPSA) is 99.1 Å². The Hall–Kier alpha value is -3.49. The number of nitrogens with one attached hydrogen (secondary N) is 1. The SMILES string of the molecule is COc1cc(=O)n2c(c1C(=O)NCc1ccc3c(c1)OCO3)CCN(C(=O)C1CC13CCCC3)CC2. The minimum Gasteiger partial charge on any atom is -0.496 e. The molecule has 2 saturated carbocycles. The summed E-state index contributed by atoms with van der Waals surface area (Å²) in [5.74, 6) is 1.60. The molecule has 2 amide bonds. The lowest BCUT2D eigenvalue weighted by atomic mass is 10.0. The summed E-state index contributed by atoms with van der Waals surface area (Å²) in [6.45, 7) is 1.80. The lowest BCUT2D eigenvalue weighted by Gasteiger charge is -2.21. The molecule has 3 heterocycles. The first kappa shape index (κ1) is 22.9. The number of aromatic nitrogens is 1. The monoisotopic (exact) mass is 493 g/mol. The molecular formula is C27H31N3O6. The summed E-state index contributed by atoms with van der Waals surface area (Å²) in [6, 6.07) is 6.90. The van der Waals surface area contributed by atoms with Crippen LogP contribution < -0.4 is 25.1 Å². The average Bonchev–Trinajstić information content (AvgIpc) is 3.17. The molecule has 1 atom stereocenters. The van der Waals surface area contributed by atoms with E-state index in [4.69, 9.17) is 14.2 Å². The van der Waals surface area contributed by atoms with E-state index in [9.17, 15) is 14.4 Å². The Morgan fingerprint density at radius 2 is 1.92 bits per heavy atom. The van der Waals surface area contributed by atoms with Crippen LogP contribution in [-0.4, -0.2) is 48.3 Å². The average molecular weight is 494 g/mol. The number of rotatable bonds is 5. The number of pyridine rings is 1. The second kappa shape index (κ2) is 8.87. The van der Waals surface area contributed by atoms with E-state index < -0.39 is 0 Å². The van der Waals surface area contributed by atoms with Crippen molar-refractivity contribution in [2.24, 2.45) is 11.3 Å². The van der Waals surface area contributed by atoms with Gasteiger partial charge in [-0.3, -0.25) is 14.4 Å². The quantitative estimate of drug-likeness (QED) is 0.687. The first-order valence-electron chi connectivity index (χ1n) is 12.8. The second-order valence-corrected chi connectivity index (χ2v) is 10.3. The standard InChI is InChI=1S/C27H31N3O6/c1-34-22-13-23(31)30-11-10-29(26(33)18-14-27(18)7-2-3-8-27)9-6-19(30)24(22)25(32)28-15-17-4-5-20-21(12-17)36-16-35-20/h4-5,12-13,18H,2-3,6-11,14-16H2,1H3,(H,28,32). The zero-order chi connectivity index (χ0) is 24.9. The number of ether oxygens (including phenoxy) is 3. The summed E-state index contributed by atoms with van der Waals surface area (Å²) in [6.07, 6.45) is 6.16. The van der Waals surface area contributed by atoms with Gasteiger partial charge in [-0.25, -0.2) is 0 Å². The molecule has 190 valence electrons. The Kier molecular flexibility index (Phi) is 5.65. The fraction of sp³-hybridized carbons (Fsp3) is 0.519. The highest BCUT2D eigenvalue weighted by Crippen LogP contribution is 2.63. The van der Waals surface area contributed by atoms with E-state index >= 15 is 0 Å². The molecule has 1 unspecified atom stereocenters. The van der Waals surface area contributed by atoms with E-state index in [1.807, 2.05) is 23.1 Å². The van der Waals surface area contributed by atoms with E-state index in [1.54, 1.807) is 4.57 Å². The molecule has 0 saturated heterocycles. The van der Waals surface area contributed by atoms with Crippen LogP contribution in [0.5, 0.6) is 17.2 Å². The summed E-state index contributed by atoms with van der Waals surface area (Å²) < 4.78 is 17.9. The molecule has 0 bridgehead atoms. The van der Waals surface area contributed by atoms with Gasteiger partial charge in [0.1, 0.15) is 11.3 Å². The van der Waals surface area contributed by atoms with Crippen molar-refractivity contribution in [1.82, 2.24) is 14.8 Å². The molecule has 9 nitrogen and oxygen atoms in total. The van der Waals surface area contributed by atoms with Gasteiger partial charge in [-0.05, 0) is 42.4 Å². The molecule has 4 aliphatic rings. The molecule has 2 fully saturated rings. The van der Waals surface area contributed by atoms with Crippen molar-refractivity contribution >= 4 is 11.8 Å². The van der Waals surface area contributed by atoms with Gasteiger partial charge < -0.3 is 29.0 Å². The normalized spacial score (nSPS) is 21.1. The molecule has 2 aliphatic heterocycles. The van der Waals surface area contributed by atoms with Crippen molar-refractivity contribution in [3.63, 3.8) is 0 Å². The van der Waals surface area contributed by atoms with E-state index in [0.29, 0.717) is 48.8 Å². The Morgan fingerprint density at radius 1 is 1.11 bits per heavy atom. The number of methoxy groups -OCH3 is 1. The molecule has 6 rings (SSSR count). The van der Waals surface area contributed by atoms with Gasteiger partial charge in [-0.1, -0.05) is 18.9 Å². The van der Waals surface area contributed by atoms with Crippen LogP contribution in [0.1, 0.15) is 53.7 Å². The molecule has 0 radical (unpaired) electrons. The van der Waals surface area contributed by atoms with E-state index in [0.717, 1.165) is 24.8 Å². The third-order valence-electron chi connectivity index (χ3n) is 8.33. The van der Waals surface area contributed by atoms with Crippen molar-refractivity contribution in [3.8, 4) is 17.2 Å². The Balaban J connectivity index is 1.21. The number of hydrogen-bond donors (Lipinski definition) is 1. The number of fused-ring (bicyclic) bond motifs is 2. The lowest BCUT2D eigenvalue weighted by molar-refractivity contribution is -0.133. The fourth-order valence-corrected chi connectivity index (χ4v) is 6.25. The number of carbonyl (C=O) groups excluding carboxylic acids is 2. The predicted octanol–water partition coefficient (Wildman–Crippen LogP) is 2.48. The maximum absolute atomic E-state index is 13.4. The summed E-state index contributed by atoms with van der Waals surface area (Å²) in [5.41, 5.74) is 1.85. The number of hydrogen-bond acceptors (Lipinski definition) is 6. The maximum Gasteiger partial charge on any atom is 0.257 e. The van der Waals surface area contributed by atoms with Gasteiger partial charge in [0, 0.05) is 50.3 Å². The summed E-state index contributed by atoms with van der Waals surface area (Å²) in [4.78, 5) is 41.5. The molecule has 1 aromatic heterocycles. The smallest absolute Gasteiger partial charge is 0.257 e. The van der Waals surface area contributed by atoms with Crippen molar-refractivity contribution < 1.29 is 23.8 Å². The van der Waals surface area contributed by atoms with Crippen LogP contribution in [0, 0.1) is 11.3 Å². The van der Waals surface area contributed by atoms with Gasteiger partial charge in [0.2, 0.25) is 12.7 Å². The zero-order valence-electron chi connectivity index (χ0n) is 20.5. The van der Waals surface area contributed by atoms with Crippen molar-refractivity contribution in [1.29, 1.82) is 0 Å². The highest BCUT2D eigenvalue weighted by atomic mass is 16.7. The summed E-state index contributed by atoms with van der Waals surface area (Å²) in [5, 5.41) is 2.96. The molecule has 9 heteroatoms. The first-order chi connectivity index (χ1) is 17.5. The van der Waals surface area contributed by atoms with Gasteiger partial charge >= 0.3 is 0 Å². The number of carbonyl (C=O) groups is 2. The molecule has 1 aromatic carbocycles. The molecule has 1 spiro atoms. The third kappa shape index (κ3) is 3.90.